The van der Waals surface area contributed by atoms with Crippen molar-refractivity contribution in [1.82, 2.24) is 15.2 Å². The molecule has 7 heteroatoms. The van der Waals surface area contributed by atoms with Crippen molar-refractivity contribution in [3.63, 3.8) is 0 Å². The number of rotatable bonds is 11. The van der Waals surface area contributed by atoms with Crippen molar-refractivity contribution in [1.29, 1.82) is 0 Å². The Hall–Kier alpha value is -1.09. The third-order valence-electron chi connectivity index (χ3n) is 4.69. The van der Waals surface area contributed by atoms with Gasteiger partial charge in [0.1, 0.15) is 0 Å². The Labute approximate surface area is 180 Å². The van der Waals surface area contributed by atoms with Crippen LogP contribution in [0.4, 0.5) is 0 Å². The molecule has 2 saturated carbocycles. The smallest absolute Gasteiger partial charge is 0.213 e. The zero-order valence-corrected chi connectivity index (χ0v) is 18.9. The summed E-state index contributed by atoms with van der Waals surface area (Å²) in [6.45, 7) is 6.81. The number of aromatic nitrogens is 1. The fraction of sp³-hybridized carbons (Fsp3) is 0.700. The van der Waals surface area contributed by atoms with Gasteiger partial charge < -0.3 is 19.7 Å². The van der Waals surface area contributed by atoms with E-state index in [1.54, 1.807) is 0 Å². The van der Waals surface area contributed by atoms with Crippen LogP contribution in [0.2, 0.25) is 0 Å². The van der Waals surface area contributed by atoms with Crippen molar-refractivity contribution in [2.24, 2.45) is 16.8 Å². The van der Waals surface area contributed by atoms with Gasteiger partial charge in [-0.15, -0.1) is 24.0 Å². The first-order valence-corrected chi connectivity index (χ1v) is 9.89. The highest BCUT2D eigenvalue weighted by Crippen LogP contribution is 2.29. The average Bonchev–Trinajstić information content (AvgIpc) is 3.56. The van der Waals surface area contributed by atoms with E-state index >= 15 is 0 Å². The van der Waals surface area contributed by atoms with Crippen LogP contribution in [0.3, 0.4) is 0 Å². The number of hydrogen-bond acceptors (Lipinski definition) is 4. The number of nitrogens with one attached hydrogen (secondary N) is 1. The summed E-state index contributed by atoms with van der Waals surface area (Å²) in [5.74, 6) is 3.16. The molecule has 2 aliphatic carbocycles. The van der Waals surface area contributed by atoms with Gasteiger partial charge >= 0.3 is 0 Å². The lowest BCUT2D eigenvalue weighted by Crippen LogP contribution is -2.40. The Morgan fingerprint density at radius 2 is 1.96 bits per heavy atom. The second-order valence-corrected chi connectivity index (χ2v) is 7.37. The SMILES string of the molecule is CCNC(=NCc1ccc(OCC2CC2)nc1)N(C)CCOCC1CC1.I. The maximum Gasteiger partial charge on any atom is 0.213 e. The highest BCUT2D eigenvalue weighted by atomic mass is 127. The summed E-state index contributed by atoms with van der Waals surface area (Å²) in [5, 5.41) is 3.34. The molecule has 0 amide bonds. The number of ether oxygens (including phenoxy) is 2. The predicted octanol–water partition coefficient (Wildman–Crippen LogP) is 3.31. The minimum absolute atomic E-state index is 0. The summed E-state index contributed by atoms with van der Waals surface area (Å²) in [6, 6.07) is 3.98. The molecule has 2 fully saturated rings. The number of pyridine rings is 1. The second-order valence-electron chi connectivity index (χ2n) is 7.37. The average molecular weight is 488 g/mol. The number of nitrogens with zero attached hydrogens (tertiary/aromatic N) is 3. The first kappa shape index (κ1) is 22.2. The number of likely N-dealkylation sites (N-methyl/N-ethyl adjacent to an activating group) is 1. The fourth-order valence-electron chi connectivity index (χ4n) is 2.56. The molecule has 1 aromatic heterocycles. The first-order valence-electron chi connectivity index (χ1n) is 9.89. The van der Waals surface area contributed by atoms with E-state index in [0.29, 0.717) is 12.4 Å². The quantitative estimate of drug-likeness (QED) is 0.224. The van der Waals surface area contributed by atoms with E-state index in [0.717, 1.165) is 56.3 Å². The molecule has 0 saturated heterocycles. The molecule has 1 heterocycles. The molecule has 152 valence electrons. The van der Waals surface area contributed by atoms with Gasteiger partial charge in [-0.1, -0.05) is 6.07 Å². The van der Waals surface area contributed by atoms with Gasteiger partial charge in [0, 0.05) is 39.0 Å². The molecule has 0 radical (unpaired) electrons. The van der Waals surface area contributed by atoms with Crippen LogP contribution in [0.5, 0.6) is 5.88 Å². The van der Waals surface area contributed by atoms with Gasteiger partial charge in [-0.25, -0.2) is 9.98 Å². The summed E-state index contributed by atoms with van der Waals surface area (Å²) in [5.41, 5.74) is 1.08. The molecular formula is C20H33IN4O2. The zero-order chi connectivity index (χ0) is 18.2. The predicted molar refractivity (Wildman–Crippen MR) is 119 cm³/mol. The van der Waals surface area contributed by atoms with Crippen molar-refractivity contribution in [3.05, 3.63) is 23.9 Å². The van der Waals surface area contributed by atoms with Gasteiger partial charge in [0.05, 0.1) is 19.8 Å². The van der Waals surface area contributed by atoms with E-state index in [9.17, 15) is 0 Å². The number of aliphatic imine (C=N–C) groups is 1. The Bertz CT molecular complexity index is 574. The van der Waals surface area contributed by atoms with Gasteiger partial charge in [0.2, 0.25) is 5.88 Å². The van der Waals surface area contributed by atoms with Crippen molar-refractivity contribution in [2.75, 3.05) is 40.0 Å². The standard InChI is InChI=1S/C20H32N4O2.HI/c1-3-21-20(24(2)10-11-25-14-16-4-5-16)23-13-18-8-9-19(22-12-18)26-15-17-6-7-17;/h8-9,12,16-17H,3-7,10-11,13-15H2,1-2H3,(H,21,23);1H. The van der Waals surface area contributed by atoms with Gasteiger partial charge in [-0.05, 0) is 50.0 Å². The highest BCUT2D eigenvalue weighted by Gasteiger charge is 2.22. The van der Waals surface area contributed by atoms with Crippen molar-refractivity contribution < 1.29 is 9.47 Å². The molecule has 1 N–H and O–H groups in total. The lowest BCUT2D eigenvalue weighted by atomic mass is 10.3. The molecule has 2 aliphatic rings. The summed E-state index contributed by atoms with van der Waals surface area (Å²) >= 11 is 0. The molecule has 3 rings (SSSR count). The van der Waals surface area contributed by atoms with Crippen molar-refractivity contribution in [3.8, 4) is 5.88 Å². The second kappa shape index (κ2) is 11.7. The van der Waals surface area contributed by atoms with Crippen LogP contribution >= 0.6 is 24.0 Å². The maximum atomic E-state index is 5.73. The third kappa shape index (κ3) is 8.64. The lowest BCUT2D eigenvalue weighted by molar-refractivity contribution is 0.115. The summed E-state index contributed by atoms with van der Waals surface area (Å²) in [6.07, 6.45) is 7.10. The molecule has 27 heavy (non-hydrogen) atoms. The van der Waals surface area contributed by atoms with Crippen LogP contribution in [0, 0.1) is 11.8 Å². The normalized spacial score (nSPS) is 16.6. The number of halogens is 1. The van der Waals surface area contributed by atoms with Gasteiger partial charge in [-0.3, -0.25) is 0 Å². The number of guanidine groups is 1. The summed E-state index contributed by atoms with van der Waals surface area (Å²) in [7, 11) is 2.05. The van der Waals surface area contributed by atoms with Crippen molar-refractivity contribution in [2.45, 2.75) is 39.2 Å². The van der Waals surface area contributed by atoms with E-state index in [2.05, 4.69) is 29.2 Å². The molecule has 1 aromatic rings. The molecule has 0 aliphatic heterocycles. The zero-order valence-electron chi connectivity index (χ0n) is 16.5. The molecule has 0 aromatic carbocycles. The molecule has 0 bridgehead atoms. The highest BCUT2D eigenvalue weighted by molar-refractivity contribution is 14.0. The van der Waals surface area contributed by atoms with Crippen LogP contribution in [-0.2, 0) is 11.3 Å². The Kier molecular flexibility index (Phi) is 9.61. The molecule has 0 atom stereocenters. The van der Waals surface area contributed by atoms with Crippen LogP contribution in [-0.4, -0.2) is 55.8 Å². The van der Waals surface area contributed by atoms with E-state index in [-0.39, 0.29) is 24.0 Å². The lowest BCUT2D eigenvalue weighted by Gasteiger charge is -2.22. The maximum absolute atomic E-state index is 5.73. The molecule has 6 nitrogen and oxygen atoms in total. The van der Waals surface area contributed by atoms with Crippen LogP contribution in [0.15, 0.2) is 23.3 Å². The fourth-order valence-corrected chi connectivity index (χ4v) is 2.56. The summed E-state index contributed by atoms with van der Waals surface area (Å²) < 4.78 is 11.4. The largest absolute Gasteiger partial charge is 0.477 e. The van der Waals surface area contributed by atoms with Gasteiger partial charge in [0.25, 0.3) is 0 Å². The van der Waals surface area contributed by atoms with E-state index in [1.807, 2.05) is 18.3 Å². The summed E-state index contributed by atoms with van der Waals surface area (Å²) in [4.78, 5) is 11.2. The van der Waals surface area contributed by atoms with E-state index in [1.165, 1.54) is 25.7 Å². The monoisotopic (exact) mass is 488 g/mol. The van der Waals surface area contributed by atoms with Crippen LogP contribution in [0.25, 0.3) is 0 Å². The minimum Gasteiger partial charge on any atom is -0.477 e. The van der Waals surface area contributed by atoms with E-state index < -0.39 is 0 Å². The Morgan fingerprint density at radius 3 is 2.59 bits per heavy atom. The Morgan fingerprint density at radius 1 is 1.22 bits per heavy atom. The Balaban J connectivity index is 0.00000261. The van der Waals surface area contributed by atoms with E-state index in [4.69, 9.17) is 14.5 Å². The van der Waals surface area contributed by atoms with Gasteiger partial charge in [-0.2, -0.15) is 0 Å². The van der Waals surface area contributed by atoms with Crippen LogP contribution in [0.1, 0.15) is 38.2 Å². The molecule has 0 spiro atoms. The minimum atomic E-state index is 0. The van der Waals surface area contributed by atoms with Crippen LogP contribution < -0.4 is 10.1 Å². The van der Waals surface area contributed by atoms with Crippen molar-refractivity contribution >= 4 is 29.9 Å². The molecular weight excluding hydrogens is 455 g/mol. The number of hydrogen-bond donors (Lipinski definition) is 1. The third-order valence-corrected chi connectivity index (χ3v) is 4.69. The first-order chi connectivity index (χ1) is 12.7. The topological polar surface area (TPSA) is 59.0 Å². The van der Waals surface area contributed by atoms with Gasteiger partial charge in [0.15, 0.2) is 5.96 Å². The molecule has 0 unspecified atom stereocenters.